The lowest BCUT2D eigenvalue weighted by Crippen LogP contribution is -2.54. The Morgan fingerprint density at radius 3 is 2.65 bits per heavy atom. The highest BCUT2D eigenvalue weighted by molar-refractivity contribution is 5.88. The zero-order valence-electron chi connectivity index (χ0n) is 11.4. The molecule has 1 N–H and O–H groups in total. The van der Waals surface area contributed by atoms with Gasteiger partial charge in [-0.25, -0.2) is 0 Å². The van der Waals surface area contributed by atoms with E-state index in [0.29, 0.717) is 0 Å². The van der Waals surface area contributed by atoms with Crippen molar-refractivity contribution in [2.75, 3.05) is 20.3 Å². The summed E-state index contributed by atoms with van der Waals surface area (Å²) in [6.45, 7) is 11.2. The fourth-order valence-electron chi connectivity index (χ4n) is 1.75. The van der Waals surface area contributed by atoms with Crippen LogP contribution in [0.1, 0.15) is 27.2 Å². The van der Waals surface area contributed by atoms with Crippen LogP contribution < -0.4 is 5.32 Å². The molecule has 1 rings (SSSR count). The minimum atomic E-state index is -0.0492. The number of allylic oxidation sites excluding steroid dienone is 1. The second kappa shape index (κ2) is 8.96. The predicted octanol–water partition coefficient (Wildman–Crippen LogP) is 1.77. The van der Waals surface area contributed by atoms with Crippen LogP contribution >= 0.6 is 0 Å². The van der Waals surface area contributed by atoms with Crippen LogP contribution in [-0.4, -0.2) is 42.1 Å². The third kappa shape index (κ3) is 4.71. The van der Waals surface area contributed by atoms with E-state index in [1.54, 1.807) is 4.90 Å². The van der Waals surface area contributed by atoms with Crippen molar-refractivity contribution < 1.29 is 4.79 Å². The zero-order chi connectivity index (χ0) is 13.3. The van der Waals surface area contributed by atoms with Crippen LogP contribution in [0.25, 0.3) is 0 Å². The highest BCUT2D eigenvalue weighted by Gasteiger charge is 2.25. The van der Waals surface area contributed by atoms with Gasteiger partial charge in [0.1, 0.15) is 0 Å². The molecule has 0 radical (unpaired) electrons. The second-order valence-corrected chi connectivity index (χ2v) is 3.62. The van der Waals surface area contributed by atoms with Crippen molar-refractivity contribution in [3.63, 3.8) is 0 Å². The first-order valence-electron chi connectivity index (χ1n) is 6.19. The van der Waals surface area contributed by atoms with Crippen LogP contribution in [0.4, 0.5) is 0 Å². The van der Waals surface area contributed by atoms with Gasteiger partial charge < -0.3 is 5.32 Å². The molecule has 0 aromatic heterocycles. The van der Waals surface area contributed by atoms with Gasteiger partial charge in [-0.15, -0.1) is 0 Å². The summed E-state index contributed by atoms with van der Waals surface area (Å²) in [5.41, 5.74) is 0. The van der Waals surface area contributed by atoms with Crippen LogP contribution in [0, 0.1) is 0 Å². The number of amides is 1. The summed E-state index contributed by atoms with van der Waals surface area (Å²) in [6, 6.07) is 0. The summed E-state index contributed by atoms with van der Waals surface area (Å²) in [4.78, 5) is 15.5. The maximum absolute atomic E-state index is 11.7. The van der Waals surface area contributed by atoms with Crippen molar-refractivity contribution in [2.24, 2.45) is 0 Å². The lowest BCUT2D eigenvalue weighted by Gasteiger charge is -2.38. The lowest BCUT2D eigenvalue weighted by atomic mass is 10.2. The van der Waals surface area contributed by atoms with E-state index in [2.05, 4.69) is 16.8 Å². The van der Waals surface area contributed by atoms with E-state index in [1.165, 1.54) is 6.08 Å². The maximum atomic E-state index is 11.7. The Balaban J connectivity index is 0.00000121. The van der Waals surface area contributed by atoms with Gasteiger partial charge in [0.2, 0.25) is 0 Å². The topological polar surface area (TPSA) is 35.6 Å². The minimum Gasteiger partial charge on any atom is -0.304 e. The standard InChI is InChI=1S/C11H19N3O.C2H6/c1-4-8-14(11(15)5-2)10-6-7-12-9-13(10)3;1-2/h4-5,8,10,12H,2,6-7,9H2,1,3H3;1-2H3/b8-4-;. The number of hydrogen-bond donors (Lipinski definition) is 1. The Morgan fingerprint density at radius 2 is 2.18 bits per heavy atom. The first-order chi connectivity index (χ1) is 8.20. The van der Waals surface area contributed by atoms with Gasteiger partial charge >= 0.3 is 0 Å². The van der Waals surface area contributed by atoms with E-state index in [-0.39, 0.29) is 12.1 Å². The molecule has 0 spiro atoms. The average molecular weight is 239 g/mol. The molecule has 0 saturated carbocycles. The van der Waals surface area contributed by atoms with Gasteiger partial charge in [0.25, 0.3) is 5.91 Å². The van der Waals surface area contributed by atoms with Crippen molar-refractivity contribution in [2.45, 2.75) is 33.4 Å². The van der Waals surface area contributed by atoms with E-state index in [1.807, 2.05) is 40.1 Å². The molecule has 0 aliphatic carbocycles. The predicted molar refractivity (Wildman–Crippen MR) is 72.2 cm³/mol. The van der Waals surface area contributed by atoms with Crippen molar-refractivity contribution in [1.82, 2.24) is 15.1 Å². The third-order valence-electron chi connectivity index (χ3n) is 2.51. The summed E-state index contributed by atoms with van der Waals surface area (Å²) in [6.07, 6.45) is 6.11. The molecule has 4 nitrogen and oxygen atoms in total. The molecular weight excluding hydrogens is 214 g/mol. The summed E-state index contributed by atoms with van der Waals surface area (Å²) in [5, 5.41) is 3.26. The van der Waals surface area contributed by atoms with Gasteiger partial charge in [-0.1, -0.05) is 26.5 Å². The summed E-state index contributed by atoms with van der Waals surface area (Å²) >= 11 is 0. The monoisotopic (exact) mass is 239 g/mol. The van der Waals surface area contributed by atoms with E-state index < -0.39 is 0 Å². The maximum Gasteiger partial charge on any atom is 0.251 e. The van der Waals surface area contributed by atoms with E-state index in [9.17, 15) is 4.79 Å². The molecule has 4 heteroatoms. The third-order valence-corrected chi connectivity index (χ3v) is 2.51. The summed E-state index contributed by atoms with van der Waals surface area (Å²) < 4.78 is 0. The van der Waals surface area contributed by atoms with E-state index >= 15 is 0 Å². The SMILES string of the molecule is C=CC(=O)N(/C=C\C)C1CCNCN1C.CC. The molecular formula is C13H25N3O. The minimum absolute atomic E-state index is 0.0492. The molecule has 1 unspecified atom stereocenters. The Kier molecular flexibility index (Phi) is 8.36. The van der Waals surface area contributed by atoms with Gasteiger partial charge in [0.05, 0.1) is 6.17 Å². The van der Waals surface area contributed by atoms with Gasteiger partial charge in [-0.2, -0.15) is 0 Å². The van der Waals surface area contributed by atoms with Crippen LogP contribution in [-0.2, 0) is 4.79 Å². The second-order valence-electron chi connectivity index (χ2n) is 3.62. The van der Waals surface area contributed by atoms with Crippen LogP contribution in [0.2, 0.25) is 0 Å². The van der Waals surface area contributed by atoms with E-state index in [4.69, 9.17) is 0 Å². The summed E-state index contributed by atoms with van der Waals surface area (Å²) in [5.74, 6) is -0.0492. The number of hydrogen-bond acceptors (Lipinski definition) is 3. The molecule has 1 amide bonds. The molecule has 1 aliphatic heterocycles. The smallest absolute Gasteiger partial charge is 0.251 e. The lowest BCUT2D eigenvalue weighted by molar-refractivity contribution is -0.129. The average Bonchev–Trinajstić information content (AvgIpc) is 2.38. The van der Waals surface area contributed by atoms with Crippen molar-refractivity contribution >= 4 is 5.91 Å². The van der Waals surface area contributed by atoms with Gasteiger partial charge in [-0.3, -0.25) is 14.6 Å². The van der Waals surface area contributed by atoms with Gasteiger partial charge in [0.15, 0.2) is 0 Å². The fourth-order valence-corrected chi connectivity index (χ4v) is 1.75. The molecule has 1 aliphatic rings. The van der Waals surface area contributed by atoms with Crippen molar-refractivity contribution in [1.29, 1.82) is 0 Å². The number of carbonyl (C=O) groups is 1. The first-order valence-corrected chi connectivity index (χ1v) is 6.19. The summed E-state index contributed by atoms with van der Waals surface area (Å²) in [7, 11) is 2.00. The van der Waals surface area contributed by atoms with Crippen LogP contribution in [0.5, 0.6) is 0 Å². The molecule has 0 aromatic carbocycles. The largest absolute Gasteiger partial charge is 0.304 e. The number of rotatable bonds is 3. The number of carbonyl (C=O) groups excluding carboxylic acids is 1. The molecule has 17 heavy (non-hydrogen) atoms. The van der Waals surface area contributed by atoms with Gasteiger partial charge in [0, 0.05) is 12.9 Å². The van der Waals surface area contributed by atoms with Crippen molar-refractivity contribution in [3.8, 4) is 0 Å². The highest BCUT2D eigenvalue weighted by atomic mass is 16.2. The molecule has 0 bridgehead atoms. The van der Waals surface area contributed by atoms with Crippen molar-refractivity contribution in [3.05, 3.63) is 24.9 Å². The fraction of sp³-hybridized carbons (Fsp3) is 0.615. The zero-order valence-corrected chi connectivity index (χ0v) is 11.4. The molecule has 1 fully saturated rings. The van der Waals surface area contributed by atoms with Crippen LogP contribution in [0.15, 0.2) is 24.9 Å². The number of nitrogens with one attached hydrogen (secondary N) is 1. The number of nitrogens with zero attached hydrogens (tertiary/aromatic N) is 2. The molecule has 1 heterocycles. The molecule has 0 aromatic rings. The normalized spacial score (nSPS) is 20.6. The molecule has 98 valence electrons. The quantitative estimate of drug-likeness (QED) is 0.762. The van der Waals surface area contributed by atoms with Gasteiger partial charge in [-0.05, 0) is 33.0 Å². The Hall–Kier alpha value is -1.13. The first kappa shape index (κ1) is 15.9. The Labute approximate surface area is 105 Å². The Bertz CT molecular complexity index is 263. The Morgan fingerprint density at radius 1 is 1.53 bits per heavy atom. The van der Waals surface area contributed by atoms with Crippen LogP contribution in [0.3, 0.4) is 0 Å². The molecule has 1 atom stereocenters. The highest BCUT2D eigenvalue weighted by Crippen LogP contribution is 2.12. The molecule has 1 saturated heterocycles. The van der Waals surface area contributed by atoms with E-state index in [0.717, 1.165) is 19.6 Å².